The zero-order valence-electron chi connectivity index (χ0n) is 16.2. The molecule has 3 rings (SSSR count). The van der Waals surface area contributed by atoms with E-state index in [9.17, 15) is 5.11 Å². The highest BCUT2D eigenvalue weighted by Gasteiger charge is 2.23. The molecule has 1 aromatic heterocycles. The lowest BCUT2D eigenvalue weighted by molar-refractivity contribution is 0.241. The van der Waals surface area contributed by atoms with Gasteiger partial charge in [0.05, 0.1) is 14.2 Å². The maximum absolute atomic E-state index is 10.2. The van der Waals surface area contributed by atoms with Gasteiger partial charge >= 0.3 is 0 Å². The number of benzene rings is 1. The fourth-order valence-electron chi connectivity index (χ4n) is 3.22. The monoisotopic (exact) mass is 357 g/mol. The summed E-state index contributed by atoms with van der Waals surface area (Å²) in [6.07, 6.45) is 2.86. The number of rotatable bonds is 4. The second-order valence-corrected chi connectivity index (χ2v) is 7.73. The van der Waals surface area contributed by atoms with Crippen LogP contribution in [0.3, 0.4) is 0 Å². The zero-order valence-corrected chi connectivity index (χ0v) is 16.2. The summed E-state index contributed by atoms with van der Waals surface area (Å²) in [5.41, 5.74) is 3.27. The normalized spacial score (nSPS) is 14.8. The minimum absolute atomic E-state index is 0.0384. The average molecular weight is 357 g/mol. The standard InChI is InChI=1S/C20H27N3O3/c1-20(2,3)19-21-10-14-12-23(7-6-15(14)22-19)11-13-8-16(24)18(26-5)17(9-13)25-4/h8-10,24H,6-7,11-12H2,1-5H3. The van der Waals surface area contributed by atoms with Crippen LogP contribution in [0.25, 0.3) is 0 Å². The number of phenols is 1. The van der Waals surface area contributed by atoms with Crippen molar-refractivity contribution in [2.75, 3.05) is 20.8 Å². The van der Waals surface area contributed by atoms with E-state index in [1.54, 1.807) is 13.2 Å². The summed E-state index contributed by atoms with van der Waals surface area (Å²) < 4.78 is 10.5. The number of hydrogen-bond donors (Lipinski definition) is 1. The molecule has 1 aliphatic rings. The van der Waals surface area contributed by atoms with Crippen molar-refractivity contribution in [2.24, 2.45) is 0 Å². The summed E-state index contributed by atoms with van der Waals surface area (Å²) in [6, 6.07) is 3.64. The average Bonchev–Trinajstić information content (AvgIpc) is 2.60. The van der Waals surface area contributed by atoms with E-state index in [1.165, 1.54) is 12.7 Å². The third-order valence-corrected chi connectivity index (χ3v) is 4.61. The second-order valence-electron chi connectivity index (χ2n) is 7.73. The Kier molecular flexibility index (Phi) is 5.05. The molecule has 26 heavy (non-hydrogen) atoms. The number of fused-ring (bicyclic) bond motifs is 1. The Balaban J connectivity index is 1.77. The van der Waals surface area contributed by atoms with E-state index in [4.69, 9.17) is 14.5 Å². The van der Waals surface area contributed by atoms with Crippen molar-refractivity contribution in [3.05, 3.63) is 41.0 Å². The highest BCUT2D eigenvalue weighted by Crippen LogP contribution is 2.38. The third-order valence-electron chi connectivity index (χ3n) is 4.61. The van der Waals surface area contributed by atoms with Crippen molar-refractivity contribution in [3.8, 4) is 17.2 Å². The molecule has 0 aliphatic carbocycles. The second kappa shape index (κ2) is 7.11. The first-order valence-electron chi connectivity index (χ1n) is 8.83. The fraction of sp³-hybridized carbons (Fsp3) is 0.500. The van der Waals surface area contributed by atoms with Crippen LogP contribution in [0.4, 0.5) is 0 Å². The lowest BCUT2D eigenvalue weighted by Gasteiger charge is -2.29. The van der Waals surface area contributed by atoms with Gasteiger partial charge in [-0.25, -0.2) is 9.97 Å². The van der Waals surface area contributed by atoms with Crippen LogP contribution >= 0.6 is 0 Å². The van der Waals surface area contributed by atoms with Crippen LogP contribution in [0.1, 0.15) is 43.4 Å². The van der Waals surface area contributed by atoms with Gasteiger partial charge in [-0.3, -0.25) is 4.90 Å². The van der Waals surface area contributed by atoms with Gasteiger partial charge in [0.2, 0.25) is 5.75 Å². The zero-order chi connectivity index (χ0) is 18.9. The Bertz CT molecular complexity index is 800. The van der Waals surface area contributed by atoms with E-state index < -0.39 is 0 Å². The Morgan fingerprint density at radius 3 is 2.62 bits per heavy atom. The van der Waals surface area contributed by atoms with Crippen LogP contribution in [-0.4, -0.2) is 40.7 Å². The molecule has 0 bridgehead atoms. The first-order valence-corrected chi connectivity index (χ1v) is 8.83. The number of nitrogens with zero attached hydrogens (tertiary/aromatic N) is 3. The fourth-order valence-corrected chi connectivity index (χ4v) is 3.22. The van der Waals surface area contributed by atoms with Crippen LogP contribution < -0.4 is 9.47 Å². The summed E-state index contributed by atoms with van der Waals surface area (Å²) in [6.45, 7) is 8.83. The molecule has 0 fully saturated rings. The van der Waals surface area contributed by atoms with Gasteiger partial charge in [-0.2, -0.15) is 0 Å². The maximum atomic E-state index is 10.2. The topological polar surface area (TPSA) is 67.7 Å². The number of aromatic nitrogens is 2. The SMILES string of the molecule is COc1cc(CN2CCc3nc(C(C)(C)C)ncc3C2)cc(O)c1OC. The van der Waals surface area contributed by atoms with Gasteiger partial charge in [0, 0.05) is 48.9 Å². The molecule has 1 aliphatic heterocycles. The highest BCUT2D eigenvalue weighted by molar-refractivity contribution is 5.53. The predicted octanol–water partition coefficient (Wildman–Crippen LogP) is 3.06. The summed E-state index contributed by atoms with van der Waals surface area (Å²) >= 11 is 0. The summed E-state index contributed by atoms with van der Waals surface area (Å²) in [5.74, 6) is 1.90. The minimum atomic E-state index is -0.0384. The molecule has 2 heterocycles. The van der Waals surface area contributed by atoms with E-state index in [0.29, 0.717) is 18.0 Å². The first kappa shape index (κ1) is 18.5. The molecule has 6 heteroatoms. The van der Waals surface area contributed by atoms with Gasteiger partial charge in [-0.1, -0.05) is 20.8 Å². The van der Waals surface area contributed by atoms with Gasteiger partial charge in [-0.15, -0.1) is 0 Å². The van der Waals surface area contributed by atoms with Crippen LogP contribution in [0.15, 0.2) is 18.3 Å². The van der Waals surface area contributed by atoms with Crippen LogP contribution in [-0.2, 0) is 24.9 Å². The van der Waals surface area contributed by atoms with Gasteiger partial charge in [0.25, 0.3) is 0 Å². The molecule has 0 atom stereocenters. The molecule has 0 saturated carbocycles. The number of aromatic hydroxyl groups is 1. The number of phenolic OH excluding ortho intramolecular Hbond substituents is 1. The van der Waals surface area contributed by atoms with Crippen LogP contribution in [0.5, 0.6) is 17.2 Å². The number of ether oxygens (including phenoxy) is 2. The lowest BCUT2D eigenvalue weighted by atomic mass is 9.95. The Morgan fingerprint density at radius 2 is 1.96 bits per heavy atom. The third kappa shape index (κ3) is 3.75. The van der Waals surface area contributed by atoms with E-state index in [2.05, 4.69) is 30.7 Å². The minimum Gasteiger partial charge on any atom is -0.504 e. The number of methoxy groups -OCH3 is 2. The molecular formula is C20H27N3O3. The quantitative estimate of drug-likeness (QED) is 0.907. The molecule has 1 N–H and O–H groups in total. The summed E-state index contributed by atoms with van der Waals surface area (Å²) in [7, 11) is 3.09. The molecule has 0 radical (unpaired) electrons. The molecule has 0 saturated heterocycles. The molecule has 140 valence electrons. The van der Waals surface area contributed by atoms with Crippen LogP contribution in [0.2, 0.25) is 0 Å². The Hall–Kier alpha value is -2.34. The van der Waals surface area contributed by atoms with Crippen molar-refractivity contribution < 1.29 is 14.6 Å². The van der Waals surface area contributed by atoms with Crippen LogP contribution in [0, 0.1) is 0 Å². The van der Waals surface area contributed by atoms with E-state index in [1.807, 2.05) is 12.3 Å². The first-order chi connectivity index (χ1) is 12.3. The van der Waals surface area contributed by atoms with Crippen molar-refractivity contribution >= 4 is 0 Å². The van der Waals surface area contributed by atoms with Crippen molar-refractivity contribution in [1.29, 1.82) is 0 Å². The Morgan fingerprint density at radius 1 is 1.19 bits per heavy atom. The van der Waals surface area contributed by atoms with Gasteiger partial charge in [-0.05, 0) is 17.7 Å². The summed E-state index contributed by atoms with van der Waals surface area (Å²) in [4.78, 5) is 11.7. The van der Waals surface area contributed by atoms with Crippen molar-refractivity contribution in [2.45, 2.75) is 45.7 Å². The molecule has 2 aromatic rings. The summed E-state index contributed by atoms with van der Waals surface area (Å²) in [5, 5.41) is 10.2. The predicted molar refractivity (Wildman–Crippen MR) is 99.8 cm³/mol. The van der Waals surface area contributed by atoms with Crippen molar-refractivity contribution in [1.82, 2.24) is 14.9 Å². The smallest absolute Gasteiger partial charge is 0.203 e. The number of hydrogen-bond acceptors (Lipinski definition) is 6. The Labute approximate surface area is 154 Å². The van der Waals surface area contributed by atoms with E-state index in [-0.39, 0.29) is 11.2 Å². The maximum Gasteiger partial charge on any atom is 0.203 e. The van der Waals surface area contributed by atoms with E-state index >= 15 is 0 Å². The van der Waals surface area contributed by atoms with Gasteiger partial charge < -0.3 is 14.6 Å². The molecule has 0 unspecified atom stereocenters. The lowest BCUT2D eigenvalue weighted by Crippen LogP contribution is -2.32. The largest absolute Gasteiger partial charge is 0.504 e. The molecular weight excluding hydrogens is 330 g/mol. The van der Waals surface area contributed by atoms with Gasteiger partial charge in [0.15, 0.2) is 11.5 Å². The highest BCUT2D eigenvalue weighted by atomic mass is 16.5. The molecule has 1 aromatic carbocycles. The molecule has 0 amide bonds. The van der Waals surface area contributed by atoms with Crippen molar-refractivity contribution in [3.63, 3.8) is 0 Å². The molecule has 6 nitrogen and oxygen atoms in total. The van der Waals surface area contributed by atoms with Gasteiger partial charge in [0.1, 0.15) is 5.82 Å². The van der Waals surface area contributed by atoms with E-state index in [0.717, 1.165) is 36.6 Å². The molecule has 0 spiro atoms.